The van der Waals surface area contributed by atoms with E-state index in [2.05, 4.69) is 20.6 Å². The van der Waals surface area contributed by atoms with Gasteiger partial charge in [0.15, 0.2) is 11.2 Å². The molecule has 0 aliphatic rings. The van der Waals surface area contributed by atoms with Crippen molar-refractivity contribution in [1.82, 2.24) is 15.3 Å². The summed E-state index contributed by atoms with van der Waals surface area (Å²) in [5.41, 5.74) is 3.43. The van der Waals surface area contributed by atoms with Crippen LogP contribution < -0.4 is 10.6 Å². The molecular formula is C21H22N4O5. The van der Waals surface area contributed by atoms with Gasteiger partial charge in [-0.05, 0) is 36.8 Å². The molecule has 4 aromatic rings. The fourth-order valence-electron chi connectivity index (χ4n) is 3.00. The fraction of sp³-hybridized carbons (Fsp3) is 0.286. The number of aliphatic hydroxyl groups is 1. The zero-order chi connectivity index (χ0) is 20.9. The molecule has 1 atom stereocenters. The number of carbonyl (C=O) groups is 1. The molecule has 0 aliphatic heterocycles. The van der Waals surface area contributed by atoms with Gasteiger partial charge in [0.2, 0.25) is 5.91 Å². The first-order valence-corrected chi connectivity index (χ1v) is 9.63. The molecule has 1 unspecified atom stereocenters. The van der Waals surface area contributed by atoms with Crippen molar-refractivity contribution in [3.05, 3.63) is 48.0 Å². The van der Waals surface area contributed by atoms with Crippen molar-refractivity contribution in [3.63, 3.8) is 0 Å². The van der Waals surface area contributed by atoms with E-state index in [9.17, 15) is 4.79 Å². The highest BCUT2D eigenvalue weighted by atomic mass is 16.5. The quantitative estimate of drug-likeness (QED) is 0.360. The molecule has 156 valence electrons. The van der Waals surface area contributed by atoms with Crippen LogP contribution in [0.4, 0.5) is 12.0 Å². The number of ether oxygens (including phenoxy) is 1. The van der Waals surface area contributed by atoms with Crippen LogP contribution in [0, 0.1) is 0 Å². The van der Waals surface area contributed by atoms with Gasteiger partial charge in [-0.25, -0.2) is 0 Å². The maximum absolute atomic E-state index is 12.4. The number of aliphatic hydroxyl groups excluding tert-OH is 1. The molecule has 2 heterocycles. The number of para-hydroxylation sites is 2. The molecule has 2 aromatic carbocycles. The van der Waals surface area contributed by atoms with Gasteiger partial charge in [0, 0.05) is 6.54 Å². The van der Waals surface area contributed by atoms with Crippen molar-refractivity contribution in [2.24, 2.45) is 0 Å². The lowest BCUT2D eigenvalue weighted by molar-refractivity contribution is -0.122. The summed E-state index contributed by atoms with van der Waals surface area (Å²) in [4.78, 5) is 21.1. The zero-order valence-corrected chi connectivity index (χ0v) is 16.4. The number of oxazole rings is 2. The van der Waals surface area contributed by atoms with Gasteiger partial charge in [-0.2, -0.15) is 9.97 Å². The molecule has 2 aromatic heterocycles. The van der Waals surface area contributed by atoms with Gasteiger partial charge in [0.1, 0.15) is 11.0 Å². The standard InChI is InChI=1S/C21H22N4O5/c1-13(19(27)22-8-10-28-11-9-26)14-6-7-18-16(12-14)24-21(30-18)25-20-23-15-4-2-3-5-17(15)29-20/h2-7,12-13,26H,8-11H2,1H3,(H,22,27)(H,23,24,25). The topological polar surface area (TPSA) is 123 Å². The number of hydrogen-bond acceptors (Lipinski definition) is 8. The molecular weight excluding hydrogens is 388 g/mol. The summed E-state index contributed by atoms with van der Waals surface area (Å²) in [5, 5.41) is 14.4. The summed E-state index contributed by atoms with van der Waals surface area (Å²) in [6.45, 7) is 2.78. The number of rotatable bonds is 9. The molecule has 0 aliphatic carbocycles. The molecule has 4 rings (SSSR count). The third kappa shape index (κ3) is 4.42. The molecule has 1 amide bonds. The van der Waals surface area contributed by atoms with Crippen molar-refractivity contribution >= 4 is 40.1 Å². The number of nitrogens with one attached hydrogen (secondary N) is 2. The van der Waals surface area contributed by atoms with Crippen LogP contribution in [-0.2, 0) is 9.53 Å². The average Bonchev–Trinajstić information content (AvgIpc) is 3.35. The van der Waals surface area contributed by atoms with Crippen molar-refractivity contribution in [2.75, 3.05) is 31.7 Å². The predicted molar refractivity (Wildman–Crippen MR) is 111 cm³/mol. The first kappa shape index (κ1) is 19.9. The van der Waals surface area contributed by atoms with E-state index in [1.165, 1.54) is 0 Å². The minimum absolute atomic E-state index is 0.0364. The number of fused-ring (bicyclic) bond motifs is 2. The minimum atomic E-state index is -0.364. The Labute approximate surface area is 172 Å². The summed E-state index contributed by atoms with van der Waals surface area (Å²) in [7, 11) is 0. The van der Waals surface area contributed by atoms with Gasteiger partial charge < -0.3 is 24.0 Å². The van der Waals surface area contributed by atoms with Gasteiger partial charge in [-0.3, -0.25) is 10.1 Å². The number of hydrogen-bond donors (Lipinski definition) is 3. The summed E-state index contributed by atoms with van der Waals surface area (Å²) in [6, 6.07) is 13.4. The molecule has 0 saturated heterocycles. The van der Waals surface area contributed by atoms with Crippen molar-refractivity contribution in [2.45, 2.75) is 12.8 Å². The van der Waals surface area contributed by atoms with Crippen molar-refractivity contribution in [3.8, 4) is 0 Å². The number of anilines is 2. The fourth-order valence-corrected chi connectivity index (χ4v) is 3.00. The molecule has 0 bridgehead atoms. The molecule has 3 N–H and O–H groups in total. The van der Waals surface area contributed by atoms with Gasteiger partial charge >= 0.3 is 12.0 Å². The number of aromatic nitrogens is 2. The Morgan fingerprint density at radius 3 is 2.57 bits per heavy atom. The Hall–Kier alpha value is -3.43. The predicted octanol–water partition coefficient (Wildman–Crippen LogP) is 2.94. The summed E-state index contributed by atoms with van der Waals surface area (Å²) >= 11 is 0. The van der Waals surface area contributed by atoms with E-state index in [4.69, 9.17) is 18.7 Å². The van der Waals surface area contributed by atoms with E-state index >= 15 is 0 Å². The highest BCUT2D eigenvalue weighted by Crippen LogP contribution is 2.27. The van der Waals surface area contributed by atoms with E-state index in [-0.39, 0.29) is 31.1 Å². The lowest BCUT2D eigenvalue weighted by Crippen LogP contribution is -2.31. The number of carbonyl (C=O) groups excluding carboxylic acids is 1. The second kappa shape index (κ2) is 8.93. The van der Waals surface area contributed by atoms with E-state index in [0.717, 1.165) is 11.1 Å². The van der Waals surface area contributed by atoms with Crippen LogP contribution in [0.1, 0.15) is 18.4 Å². The van der Waals surface area contributed by atoms with Crippen LogP contribution >= 0.6 is 0 Å². The second-order valence-corrected chi connectivity index (χ2v) is 6.71. The van der Waals surface area contributed by atoms with E-state index in [1.54, 1.807) is 6.07 Å². The maximum atomic E-state index is 12.4. The van der Waals surface area contributed by atoms with Gasteiger partial charge in [0.05, 0.1) is 25.7 Å². The Morgan fingerprint density at radius 2 is 1.80 bits per heavy atom. The van der Waals surface area contributed by atoms with E-state index < -0.39 is 0 Å². The smallest absolute Gasteiger partial charge is 0.303 e. The SMILES string of the molecule is CC(C(=O)NCCOCCO)c1ccc2oc(Nc3nc4ccccc4o3)nc2c1. The molecule has 0 fully saturated rings. The summed E-state index contributed by atoms with van der Waals surface area (Å²) < 4.78 is 16.5. The largest absolute Gasteiger partial charge is 0.423 e. The number of amides is 1. The third-order valence-corrected chi connectivity index (χ3v) is 4.59. The molecule has 9 heteroatoms. The van der Waals surface area contributed by atoms with Crippen LogP contribution in [0.5, 0.6) is 0 Å². The highest BCUT2D eigenvalue weighted by Gasteiger charge is 2.17. The highest BCUT2D eigenvalue weighted by molar-refractivity contribution is 5.85. The Morgan fingerprint density at radius 1 is 1.07 bits per heavy atom. The van der Waals surface area contributed by atoms with Crippen LogP contribution in [0.2, 0.25) is 0 Å². The van der Waals surface area contributed by atoms with Gasteiger partial charge in [-0.15, -0.1) is 0 Å². The number of nitrogens with zero attached hydrogens (tertiary/aromatic N) is 2. The lowest BCUT2D eigenvalue weighted by Gasteiger charge is -2.12. The molecule has 0 radical (unpaired) electrons. The lowest BCUT2D eigenvalue weighted by atomic mass is 10.00. The van der Waals surface area contributed by atoms with E-state index in [1.807, 2.05) is 43.3 Å². The zero-order valence-electron chi connectivity index (χ0n) is 16.4. The maximum Gasteiger partial charge on any atom is 0.303 e. The first-order chi connectivity index (χ1) is 14.6. The minimum Gasteiger partial charge on any atom is -0.423 e. The first-order valence-electron chi connectivity index (χ1n) is 9.63. The molecule has 9 nitrogen and oxygen atoms in total. The monoisotopic (exact) mass is 410 g/mol. The Kier molecular flexibility index (Phi) is 5.92. The van der Waals surface area contributed by atoms with Crippen LogP contribution in [0.3, 0.4) is 0 Å². The van der Waals surface area contributed by atoms with Gasteiger partial charge in [-0.1, -0.05) is 18.2 Å². The van der Waals surface area contributed by atoms with Crippen molar-refractivity contribution in [1.29, 1.82) is 0 Å². The summed E-state index contributed by atoms with van der Waals surface area (Å²) in [6.07, 6.45) is 0. The van der Waals surface area contributed by atoms with Crippen molar-refractivity contribution < 1.29 is 23.5 Å². The third-order valence-electron chi connectivity index (χ3n) is 4.59. The van der Waals surface area contributed by atoms with E-state index in [0.29, 0.717) is 35.8 Å². The van der Waals surface area contributed by atoms with Gasteiger partial charge in [0.25, 0.3) is 0 Å². The normalized spacial score (nSPS) is 12.3. The Bertz CT molecular complexity index is 1120. The second-order valence-electron chi connectivity index (χ2n) is 6.71. The van der Waals surface area contributed by atoms with Crippen LogP contribution in [0.15, 0.2) is 51.3 Å². The van der Waals surface area contributed by atoms with Crippen LogP contribution in [-0.4, -0.2) is 47.3 Å². The molecule has 30 heavy (non-hydrogen) atoms. The number of benzene rings is 2. The van der Waals surface area contributed by atoms with Crippen LogP contribution in [0.25, 0.3) is 22.2 Å². The Balaban J connectivity index is 1.43. The summed E-state index contributed by atoms with van der Waals surface area (Å²) in [5.74, 6) is -0.479. The molecule has 0 saturated carbocycles. The average molecular weight is 410 g/mol. The molecule has 0 spiro atoms.